The van der Waals surface area contributed by atoms with Crippen molar-refractivity contribution < 1.29 is 9.53 Å². The minimum atomic E-state index is -0.170. The summed E-state index contributed by atoms with van der Waals surface area (Å²) in [6.07, 6.45) is 0.820. The van der Waals surface area contributed by atoms with Gasteiger partial charge in [-0.25, -0.2) is 0 Å². The van der Waals surface area contributed by atoms with Crippen LogP contribution in [0, 0.1) is 0 Å². The smallest absolute Gasteiger partial charge is 0.323 e. The summed E-state index contributed by atoms with van der Waals surface area (Å²) >= 11 is 0. The van der Waals surface area contributed by atoms with Crippen LogP contribution in [0.1, 0.15) is 27.2 Å². The molecular formula is C14H29N3O2. The van der Waals surface area contributed by atoms with Gasteiger partial charge in [-0.1, -0.05) is 6.92 Å². The second kappa shape index (κ2) is 8.51. The van der Waals surface area contributed by atoms with E-state index in [1.807, 2.05) is 13.8 Å². The topological polar surface area (TPSA) is 44.8 Å². The Morgan fingerprint density at radius 1 is 1.42 bits per heavy atom. The van der Waals surface area contributed by atoms with Gasteiger partial charge in [0.2, 0.25) is 0 Å². The first-order valence-corrected chi connectivity index (χ1v) is 7.41. The summed E-state index contributed by atoms with van der Waals surface area (Å²) in [5, 5.41) is 3.22. The maximum atomic E-state index is 11.8. The van der Waals surface area contributed by atoms with Gasteiger partial charge in [0.1, 0.15) is 6.04 Å². The molecule has 2 unspecified atom stereocenters. The summed E-state index contributed by atoms with van der Waals surface area (Å²) in [5.41, 5.74) is 0. The molecule has 1 rings (SSSR count). The SMILES string of the molecule is CCNC(CCN1CCN(C)CC1C)C(=O)OCC. The first-order chi connectivity index (χ1) is 9.08. The van der Waals surface area contributed by atoms with Crippen molar-refractivity contribution in [3.8, 4) is 0 Å². The van der Waals surface area contributed by atoms with Crippen LogP contribution in [0.5, 0.6) is 0 Å². The number of hydrogen-bond donors (Lipinski definition) is 1. The standard InChI is InChI=1S/C14H29N3O2/c1-5-15-13(14(18)19-6-2)7-8-17-10-9-16(4)11-12(17)3/h12-13,15H,5-11H2,1-4H3. The van der Waals surface area contributed by atoms with Crippen LogP contribution in [0.4, 0.5) is 0 Å². The van der Waals surface area contributed by atoms with Crippen LogP contribution in [-0.2, 0) is 9.53 Å². The molecule has 1 aliphatic rings. The number of nitrogens with one attached hydrogen (secondary N) is 1. The molecular weight excluding hydrogens is 242 g/mol. The number of nitrogens with zero attached hydrogens (tertiary/aromatic N) is 2. The molecule has 2 atom stereocenters. The first kappa shape index (κ1) is 16.4. The van der Waals surface area contributed by atoms with E-state index in [0.29, 0.717) is 12.6 Å². The van der Waals surface area contributed by atoms with E-state index in [2.05, 4.69) is 29.1 Å². The Balaban J connectivity index is 2.40. The number of carbonyl (C=O) groups excluding carboxylic acids is 1. The molecule has 0 aromatic heterocycles. The van der Waals surface area contributed by atoms with Crippen molar-refractivity contribution in [1.82, 2.24) is 15.1 Å². The van der Waals surface area contributed by atoms with Crippen molar-refractivity contribution >= 4 is 5.97 Å². The van der Waals surface area contributed by atoms with Gasteiger partial charge in [-0.2, -0.15) is 0 Å². The highest BCUT2D eigenvalue weighted by Gasteiger charge is 2.24. The molecule has 0 saturated carbocycles. The lowest BCUT2D eigenvalue weighted by Crippen LogP contribution is -2.52. The van der Waals surface area contributed by atoms with Crippen molar-refractivity contribution in [3.63, 3.8) is 0 Å². The average Bonchev–Trinajstić information content (AvgIpc) is 2.36. The molecule has 0 radical (unpaired) electrons. The molecule has 0 bridgehead atoms. The van der Waals surface area contributed by atoms with Crippen molar-refractivity contribution in [2.75, 3.05) is 46.4 Å². The van der Waals surface area contributed by atoms with Crippen LogP contribution in [-0.4, -0.2) is 74.2 Å². The van der Waals surface area contributed by atoms with Crippen molar-refractivity contribution in [2.24, 2.45) is 0 Å². The molecule has 1 saturated heterocycles. The van der Waals surface area contributed by atoms with Gasteiger partial charge in [-0.3, -0.25) is 9.69 Å². The predicted molar refractivity (Wildman–Crippen MR) is 77.2 cm³/mol. The second-order valence-corrected chi connectivity index (χ2v) is 5.30. The third-order valence-electron chi connectivity index (χ3n) is 3.69. The molecule has 1 aliphatic heterocycles. The van der Waals surface area contributed by atoms with Crippen LogP contribution in [0.2, 0.25) is 0 Å². The third kappa shape index (κ3) is 5.47. The molecule has 0 aromatic carbocycles. The van der Waals surface area contributed by atoms with Gasteiger partial charge in [-0.05, 0) is 33.9 Å². The molecule has 5 heteroatoms. The fourth-order valence-electron chi connectivity index (χ4n) is 2.60. The Bertz CT molecular complexity index is 273. The summed E-state index contributed by atoms with van der Waals surface area (Å²) in [6.45, 7) is 11.6. The second-order valence-electron chi connectivity index (χ2n) is 5.30. The maximum absolute atomic E-state index is 11.8. The molecule has 112 valence electrons. The van der Waals surface area contributed by atoms with Crippen LogP contribution < -0.4 is 5.32 Å². The number of likely N-dealkylation sites (N-methyl/N-ethyl adjacent to an activating group) is 2. The van der Waals surface area contributed by atoms with E-state index >= 15 is 0 Å². The molecule has 19 heavy (non-hydrogen) atoms. The van der Waals surface area contributed by atoms with Crippen molar-refractivity contribution in [2.45, 2.75) is 39.3 Å². The van der Waals surface area contributed by atoms with Crippen LogP contribution in [0.25, 0.3) is 0 Å². The minimum absolute atomic E-state index is 0.119. The highest BCUT2D eigenvalue weighted by molar-refractivity contribution is 5.75. The molecule has 0 aromatic rings. The van der Waals surface area contributed by atoms with E-state index in [-0.39, 0.29) is 12.0 Å². The number of esters is 1. The summed E-state index contributed by atoms with van der Waals surface area (Å²) in [7, 11) is 2.16. The molecule has 1 N–H and O–H groups in total. The van der Waals surface area contributed by atoms with Gasteiger partial charge in [0, 0.05) is 32.2 Å². The lowest BCUT2D eigenvalue weighted by atomic mass is 10.1. The zero-order valence-corrected chi connectivity index (χ0v) is 12.8. The summed E-state index contributed by atoms with van der Waals surface area (Å²) < 4.78 is 5.11. The van der Waals surface area contributed by atoms with Gasteiger partial charge >= 0.3 is 5.97 Å². The quantitative estimate of drug-likeness (QED) is 0.685. The Kier molecular flexibility index (Phi) is 7.34. The number of rotatable bonds is 7. The maximum Gasteiger partial charge on any atom is 0.323 e. The Hall–Kier alpha value is -0.650. The van der Waals surface area contributed by atoms with E-state index in [1.54, 1.807) is 0 Å². The van der Waals surface area contributed by atoms with E-state index < -0.39 is 0 Å². The molecule has 0 amide bonds. The number of carbonyl (C=O) groups is 1. The zero-order valence-electron chi connectivity index (χ0n) is 12.8. The minimum Gasteiger partial charge on any atom is -0.465 e. The average molecular weight is 271 g/mol. The zero-order chi connectivity index (χ0) is 14.3. The largest absolute Gasteiger partial charge is 0.465 e. The van der Waals surface area contributed by atoms with E-state index in [9.17, 15) is 4.79 Å². The van der Waals surface area contributed by atoms with Crippen LogP contribution >= 0.6 is 0 Å². The highest BCUT2D eigenvalue weighted by Crippen LogP contribution is 2.09. The lowest BCUT2D eigenvalue weighted by Gasteiger charge is -2.38. The summed E-state index contributed by atoms with van der Waals surface area (Å²) in [4.78, 5) is 16.6. The van der Waals surface area contributed by atoms with Gasteiger partial charge in [0.25, 0.3) is 0 Å². The molecule has 1 fully saturated rings. The van der Waals surface area contributed by atoms with Gasteiger partial charge in [0.05, 0.1) is 6.61 Å². The number of hydrogen-bond acceptors (Lipinski definition) is 5. The Morgan fingerprint density at radius 2 is 2.16 bits per heavy atom. The van der Waals surface area contributed by atoms with E-state index in [4.69, 9.17) is 4.74 Å². The normalized spacial score (nSPS) is 23.3. The molecule has 0 aliphatic carbocycles. The Morgan fingerprint density at radius 3 is 2.74 bits per heavy atom. The van der Waals surface area contributed by atoms with Gasteiger partial charge in [0.15, 0.2) is 0 Å². The fraction of sp³-hybridized carbons (Fsp3) is 0.929. The predicted octanol–water partition coefficient (Wildman–Crippen LogP) is 0.554. The van der Waals surface area contributed by atoms with Gasteiger partial charge in [-0.15, -0.1) is 0 Å². The first-order valence-electron chi connectivity index (χ1n) is 7.41. The number of piperazine rings is 1. The van der Waals surface area contributed by atoms with E-state index in [1.165, 1.54) is 0 Å². The van der Waals surface area contributed by atoms with Gasteiger partial charge < -0.3 is 15.0 Å². The van der Waals surface area contributed by atoms with Crippen molar-refractivity contribution in [3.05, 3.63) is 0 Å². The summed E-state index contributed by atoms with van der Waals surface area (Å²) in [5.74, 6) is -0.119. The van der Waals surface area contributed by atoms with Crippen molar-refractivity contribution in [1.29, 1.82) is 0 Å². The molecule has 1 heterocycles. The van der Waals surface area contributed by atoms with Crippen LogP contribution in [0.3, 0.4) is 0 Å². The number of ether oxygens (including phenoxy) is 1. The third-order valence-corrected chi connectivity index (χ3v) is 3.69. The molecule has 0 spiro atoms. The lowest BCUT2D eigenvalue weighted by molar-refractivity contribution is -0.146. The monoisotopic (exact) mass is 271 g/mol. The van der Waals surface area contributed by atoms with E-state index in [0.717, 1.165) is 39.1 Å². The summed E-state index contributed by atoms with van der Waals surface area (Å²) in [6, 6.07) is 0.389. The molecule has 5 nitrogen and oxygen atoms in total. The fourth-order valence-corrected chi connectivity index (χ4v) is 2.60. The van der Waals surface area contributed by atoms with Crippen LogP contribution in [0.15, 0.2) is 0 Å². The highest BCUT2D eigenvalue weighted by atomic mass is 16.5. The Labute approximate surface area is 117 Å².